The predicted molar refractivity (Wildman–Crippen MR) is 101 cm³/mol. The van der Waals surface area contributed by atoms with Crippen molar-refractivity contribution in [3.8, 4) is 5.75 Å². The molecule has 1 N–H and O–H groups in total. The van der Waals surface area contributed by atoms with Gasteiger partial charge in [-0.3, -0.25) is 4.90 Å². The number of benzene rings is 1. The maximum absolute atomic E-state index is 13.7. The number of alkyl halides is 3. The molecule has 0 spiro atoms. The summed E-state index contributed by atoms with van der Waals surface area (Å²) in [5.74, 6) is 0.194. The molecule has 2 aromatic rings. The second kappa shape index (κ2) is 8.80. The van der Waals surface area contributed by atoms with Gasteiger partial charge in [0.1, 0.15) is 5.75 Å². The second-order valence-electron chi connectivity index (χ2n) is 5.78. The van der Waals surface area contributed by atoms with Gasteiger partial charge in [-0.15, -0.1) is 23.7 Å². The first-order chi connectivity index (χ1) is 11.9. The van der Waals surface area contributed by atoms with Crippen LogP contribution in [0.15, 0.2) is 30.3 Å². The van der Waals surface area contributed by atoms with Crippen LogP contribution in [-0.4, -0.2) is 38.2 Å². The van der Waals surface area contributed by atoms with Crippen LogP contribution in [0, 0.1) is 0 Å². The molecule has 26 heavy (non-hydrogen) atoms. The average Bonchev–Trinajstić information content (AvgIpc) is 3.01. The molecule has 0 unspecified atom stereocenters. The SMILES string of the molecule is COc1ccc([C@@H](c2ccc(Cl)s2)N2CCNCC2)c(C(F)(F)F)c1.Cl. The fraction of sp³-hybridized carbons (Fsp3) is 0.412. The summed E-state index contributed by atoms with van der Waals surface area (Å²) in [6.07, 6.45) is -4.46. The normalized spacial score (nSPS) is 16.8. The van der Waals surface area contributed by atoms with E-state index in [2.05, 4.69) is 10.2 Å². The number of hydrogen-bond acceptors (Lipinski definition) is 4. The third-order valence-corrected chi connectivity index (χ3v) is 5.52. The van der Waals surface area contributed by atoms with E-state index >= 15 is 0 Å². The third kappa shape index (κ3) is 4.64. The molecule has 1 atom stereocenters. The zero-order valence-corrected chi connectivity index (χ0v) is 16.4. The average molecular weight is 427 g/mol. The number of methoxy groups -OCH3 is 1. The molecular formula is C17H19Cl2F3N2OS. The van der Waals surface area contributed by atoms with E-state index in [1.54, 1.807) is 12.1 Å². The number of nitrogens with one attached hydrogen (secondary N) is 1. The lowest BCUT2D eigenvalue weighted by atomic mass is 9.96. The van der Waals surface area contributed by atoms with E-state index < -0.39 is 17.8 Å². The van der Waals surface area contributed by atoms with Crippen LogP contribution >= 0.6 is 35.3 Å². The first-order valence-corrected chi connectivity index (χ1v) is 9.04. The molecule has 2 heterocycles. The smallest absolute Gasteiger partial charge is 0.416 e. The van der Waals surface area contributed by atoms with Gasteiger partial charge in [0.25, 0.3) is 0 Å². The van der Waals surface area contributed by atoms with E-state index in [0.717, 1.165) is 24.0 Å². The highest BCUT2D eigenvalue weighted by Crippen LogP contribution is 2.42. The molecule has 1 aromatic carbocycles. The second-order valence-corrected chi connectivity index (χ2v) is 7.53. The zero-order valence-electron chi connectivity index (χ0n) is 14.0. The fourth-order valence-electron chi connectivity index (χ4n) is 3.09. The van der Waals surface area contributed by atoms with Gasteiger partial charge in [-0.05, 0) is 29.8 Å². The zero-order chi connectivity index (χ0) is 18.0. The van der Waals surface area contributed by atoms with Crippen LogP contribution in [0.25, 0.3) is 0 Å². The van der Waals surface area contributed by atoms with Crippen LogP contribution in [0.4, 0.5) is 13.2 Å². The molecule has 1 saturated heterocycles. The number of thiophene rings is 1. The van der Waals surface area contributed by atoms with Gasteiger partial charge >= 0.3 is 6.18 Å². The molecule has 1 fully saturated rings. The van der Waals surface area contributed by atoms with Gasteiger partial charge in [-0.25, -0.2) is 0 Å². The van der Waals surface area contributed by atoms with Crippen molar-refractivity contribution >= 4 is 35.3 Å². The van der Waals surface area contributed by atoms with Crippen LogP contribution in [0.5, 0.6) is 5.75 Å². The van der Waals surface area contributed by atoms with Crippen molar-refractivity contribution in [1.82, 2.24) is 10.2 Å². The topological polar surface area (TPSA) is 24.5 Å². The van der Waals surface area contributed by atoms with Crippen LogP contribution in [-0.2, 0) is 6.18 Å². The Morgan fingerprint density at radius 1 is 1.19 bits per heavy atom. The van der Waals surface area contributed by atoms with Gasteiger partial charge in [0, 0.05) is 31.1 Å². The lowest BCUT2D eigenvalue weighted by molar-refractivity contribution is -0.138. The first kappa shape index (κ1) is 21.3. The molecule has 1 aliphatic heterocycles. The molecule has 1 aromatic heterocycles. The van der Waals surface area contributed by atoms with Gasteiger partial charge in [-0.2, -0.15) is 13.2 Å². The van der Waals surface area contributed by atoms with Gasteiger partial charge in [0.15, 0.2) is 0 Å². The lowest BCUT2D eigenvalue weighted by Gasteiger charge is -2.36. The van der Waals surface area contributed by atoms with E-state index in [4.69, 9.17) is 16.3 Å². The largest absolute Gasteiger partial charge is 0.497 e. The number of hydrogen-bond donors (Lipinski definition) is 1. The minimum atomic E-state index is -4.46. The Kier molecular flexibility index (Phi) is 7.21. The predicted octanol–water partition coefficient (Wildman–Crippen LogP) is 4.85. The van der Waals surface area contributed by atoms with Gasteiger partial charge < -0.3 is 10.1 Å². The summed E-state index contributed by atoms with van der Waals surface area (Å²) in [4.78, 5) is 2.87. The van der Waals surface area contributed by atoms with Crippen molar-refractivity contribution in [2.24, 2.45) is 0 Å². The van der Waals surface area contributed by atoms with Gasteiger partial charge in [0.2, 0.25) is 0 Å². The molecule has 0 bridgehead atoms. The maximum atomic E-state index is 13.7. The van der Waals surface area contributed by atoms with Gasteiger partial charge in [0.05, 0.1) is 23.1 Å². The Bertz CT molecular complexity index is 733. The van der Waals surface area contributed by atoms with Crippen LogP contribution in [0.2, 0.25) is 4.34 Å². The van der Waals surface area contributed by atoms with Gasteiger partial charge in [-0.1, -0.05) is 17.7 Å². The minimum absolute atomic E-state index is 0. The first-order valence-electron chi connectivity index (χ1n) is 7.85. The van der Waals surface area contributed by atoms with Crippen LogP contribution in [0.3, 0.4) is 0 Å². The summed E-state index contributed by atoms with van der Waals surface area (Å²) in [5, 5.41) is 3.23. The monoisotopic (exact) mass is 426 g/mol. The third-order valence-electron chi connectivity index (χ3n) is 4.24. The molecule has 144 valence electrons. The van der Waals surface area contributed by atoms with Crippen molar-refractivity contribution in [2.45, 2.75) is 12.2 Å². The Hall–Kier alpha value is -0.990. The number of nitrogens with zero attached hydrogens (tertiary/aromatic N) is 1. The van der Waals surface area contributed by atoms with Crippen molar-refractivity contribution in [1.29, 1.82) is 0 Å². The van der Waals surface area contributed by atoms with Crippen molar-refractivity contribution in [3.63, 3.8) is 0 Å². The molecule has 3 rings (SSSR count). The highest BCUT2D eigenvalue weighted by Gasteiger charge is 2.38. The summed E-state index contributed by atoms with van der Waals surface area (Å²) >= 11 is 7.37. The van der Waals surface area contributed by atoms with E-state index in [9.17, 15) is 13.2 Å². The van der Waals surface area contributed by atoms with Crippen LogP contribution < -0.4 is 10.1 Å². The molecule has 0 saturated carbocycles. The van der Waals surface area contributed by atoms with E-state index in [1.807, 2.05) is 6.07 Å². The van der Waals surface area contributed by atoms with Crippen molar-refractivity contribution < 1.29 is 17.9 Å². The Morgan fingerprint density at radius 2 is 1.88 bits per heavy atom. The van der Waals surface area contributed by atoms with E-state index in [0.29, 0.717) is 17.4 Å². The summed E-state index contributed by atoms with van der Waals surface area (Å²) in [6, 6.07) is 7.22. The fourth-order valence-corrected chi connectivity index (χ4v) is 4.31. The Labute approximate surface area is 165 Å². The number of halogens is 5. The quantitative estimate of drug-likeness (QED) is 0.756. The highest BCUT2D eigenvalue weighted by atomic mass is 35.5. The Morgan fingerprint density at radius 3 is 2.42 bits per heavy atom. The lowest BCUT2D eigenvalue weighted by Crippen LogP contribution is -2.45. The molecule has 9 heteroatoms. The van der Waals surface area contributed by atoms with Crippen LogP contribution in [0.1, 0.15) is 22.0 Å². The maximum Gasteiger partial charge on any atom is 0.416 e. The molecule has 0 aliphatic carbocycles. The number of ether oxygens (including phenoxy) is 1. The molecule has 3 nitrogen and oxygen atoms in total. The molecule has 0 amide bonds. The van der Waals surface area contributed by atoms with E-state index in [-0.39, 0.29) is 23.7 Å². The number of piperazine rings is 1. The molecule has 1 aliphatic rings. The summed E-state index contributed by atoms with van der Waals surface area (Å²) < 4.78 is 46.7. The molecular weight excluding hydrogens is 408 g/mol. The minimum Gasteiger partial charge on any atom is -0.497 e. The standard InChI is InChI=1S/C17H18ClF3N2OS.ClH/c1-24-11-2-3-12(13(10-11)17(19,20)21)16(14-4-5-15(18)25-14)23-8-6-22-7-9-23;/h2-5,10,16,22H,6-9H2,1H3;1H/t16-;/m0./s1. The van der Waals surface area contributed by atoms with Crippen molar-refractivity contribution in [2.75, 3.05) is 33.3 Å². The van der Waals surface area contributed by atoms with E-state index in [1.165, 1.54) is 24.5 Å². The summed E-state index contributed by atoms with van der Waals surface area (Å²) in [6.45, 7) is 2.83. The summed E-state index contributed by atoms with van der Waals surface area (Å²) in [5.41, 5.74) is -0.436. The van der Waals surface area contributed by atoms with Crippen molar-refractivity contribution in [3.05, 3.63) is 50.7 Å². The Balaban J connectivity index is 0.00000243. The molecule has 0 radical (unpaired) electrons. The summed E-state index contributed by atoms with van der Waals surface area (Å²) in [7, 11) is 1.36. The highest BCUT2D eigenvalue weighted by molar-refractivity contribution is 7.16. The number of rotatable bonds is 4.